The Balaban J connectivity index is 2.09. The van der Waals surface area contributed by atoms with E-state index < -0.39 is 11.8 Å². The first-order chi connectivity index (χ1) is 14.1. The van der Waals surface area contributed by atoms with E-state index in [1.165, 1.54) is 23.2 Å². The predicted octanol–water partition coefficient (Wildman–Crippen LogP) is 4.73. The molecular weight excluding hydrogens is 409 g/mol. The molecule has 0 bridgehead atoms. The van der Waals surface area contributed by atoms with E-state index in [1.54, 1.807) is 38.1 Å². The number of allylic oxidation sites excluding steroid dienone is 2. The number of benzene rings is 2. The summed E-state index contributed by atoms with van der Waals surface area (Å²) in [6, 6.07) is 10.7. The third kappa shape index (κ3) is 6.17. The van der Waals surface area contributed by atoms with Crippen molar-refractivity contribution in [2.75, 3.05) is 5.32 Å². The van der Waals surface area contributed by atoms with Crippen LogP contribution in [0.4, 0.5) is 10.1 Å². The third-order valence-electron chi connectivity index (χ3n) is 4.46. The summed E-state index contributed by atoms with van der Waals surface area (Å²) >= 11 is 5.72. The molecule has 0 fully saturated rings. The molecule has 0 unspecified atom stereocenters. The third-order valence-corrected chi connectivity index (χ3v) is 4.75. The van der Waals surface area contributed by atoms with Crippen LogP contribution < -0.4 is 11.2 Å². The second kappa shape index (κ2) is 10.0. The van der Waals surface area contributed by atoms with Gasteiger partial charge in [0, 0.05) is 16.9 Å². The number of carboxylic acids is 1. The van der Waals surface area contributed by atoms with Crippen LogP contribution >= 0.6 is 11.6 Å². The van der Waals surface area contributed by atoms with Crippen LogP contribution in [-0.2, 0) is 11.3 Å². The number of carboxylic acid groups (broad SMARTS) is 1. The van der Waals surface area contributed by atoms with E-state index >= 15 is 0 Å². The van der Waals surface area contributed by atoms with E-state index in [0.29, 0.717) is 34.6 Å². The van der Waals surface area contributed by atoms with Crippen molar-refractivity contribution in [2.45, 2.75) is 26.8 Å². The van der Waals surface area contributed by atoms with Crippen molar-refractivity contribution in [1.82, 2.24) is 5.01 Å². The van der Waals surface area contributed by atoms with Gasteiger partial charge in [-0.15, -0.1) is 0 Å². The number of nitrogens with two attached hydrogens (primary N) is 1. The van der Waals surface area contributed by atoms with Gasteiger partial charge in [-0.05, 0) is 55.3 Å². The molecule has 0 saturated heterocycles. The summed E-state index contributed by atoms with van der Waals surface area (Å²) in [6.45, 7) is 7.61. The van der Waals surface area contributed by atoms with Gasteiger partial charge in [0.15, 0.2) is 0 Å². The maximum absolute atomic E-state index is 13.2. The molecule has 158 valence electrons. The van der Waals surface area contributed by atoms with Crippen LogP contribution in [0.3, 0.4) is 0 Å². The number of hydrogen-bond donors (Lipinski definition) is 3. The Labute approximate surface area is 179 Å². The fourth-order valence-corrected chi connectivity index (χ4v) is 2.95. The molecule has 2 aromatic carbocycles. The Bertz CT molecular complexity index is 1000. The number of hydrogen-bond acceptors (Lipinski definition) is 4. The number of hydrazine groups is 1. The number of carbonyl (C=O) groups excluding carboxylic acids is 1. The molecular formula is C22H23ClFN3O3. The Morgan fingerprint density at radius 1 is 1.20 bits per heavy atom. The van der Waals surface area contributed by atoms with Gasteiger partial charge in [0.25, 0.3) is 5.91 Å². The average molecular weight is 432 g/mol. The molecule has 0 aliphatic heterocycles. The summed E-state index contributed by atoms with van der Waals surface area (Å²) < 4.78 is 13.2. The van der Waals surface area contributed by atoms with Crippen LogP contribution in [0.15, 0.2) is 65.9 Å². The van der Waals surface area contributed by atoms with Gasteiger partial charge in [-0.25, -0.2) is 10.2 Å². The summed E-state index contributed by atoms with van der Waals surface area (Å²) in [7, 11) is 0. The molecule has 0 aliphatic carbocycles. The van der Waals surface area contributed by atoms with Crippen molar-refractivity contribution in [3.8, 4) is 0 Å². The average Bonchev–Trinajstić information content (AvgIpc) is 2.68. The lowest BCUT2D eigenvalue weighted by molar-refractivity contribution is -0.136. The SMILES string of the molecule is C=C(C)/C(CC(=O)O)=C(/C)N(N)Cc1ccc(C(=O)Nc2ccc(F)c(Cl)c2)cc1. The summed E-state index contributed by atoms with van der Waals surface area (Å²) in [6.07, 6.45) is -0.165. The number of carbonyl (C=O) groups is 2. The van der Waals surface area contributed by atoms with Gasteiger partial charge in [0.05, 0.1) is 18.0 Å². The Hall–Kier alpha value is -3.16. The highest BCUT2D eigenvalue weighted by Gasteiger charge is 2.13. The van der Waals surface area contributed by atoms with E-state index in [1.807, 2.05) is 0 Å². The minimum absolute atomic E-state index is 0.0772. The monoisotopic (exact) mass is 431 g/mol. The topological polar surface area (TPSA) is 95.7 Å². The number of halogens is 2. The predicted molar refractivity (Wildman–Crippen MR) is 115 cm³/mol. The normalized spacial score (nSPS) is 11.5. The largest absolute Gasteiger partial charge is 0.481 e. The van der Waals surface area contributed by atoms with E-state index in [-0.39, 0.29) is 17.4 Å². The van der Waals surface area contributed by atoms with Crippen LogP contribution in [0.1, 0.15) is 36.2 Å². The van der Waals surface area contributed by atoms with E-state index in [2.05, 4.69) is 11.9 Å². The highest BCUT2D eigenvalue weighted by Crippen LogP contribution is 2.21. The van der Waals surface area contributed by atoms with Crippen LogP contribution in [0, 0.1) is 5.82 Å². The standard InChI is InChI=1S/C22H23ClFN3O3/c1-13(2)18(11-21(28)29)14(3)27(25)12-15-4-6-16(7-5-15)22(30)26-17-8-9-20(24)19(23)10-17/h4-10H,1,11-12,25H2,2-3H3,(H,26,30)(H,28,29)/b18-14-. The molecule has 0 aliphatic rings. The Morgan fingerprint density at radius 3 is 2.37 bits per heavy atom. The van der Waals surface area contributed by atoms with E-state index in [9.17, 15) is 14.0 Å². The van der Waals surface area contributed by atoms with Gasteiger partial charge in [-0.3, -0.25) is 9.59 Å². The number of aliphatic carboxylic acids is 1. The van der Waals surface area contributed by atoms with Crippen molar-refractivity contribution in [1.29, 1.82) is 0 Å². The van der Waals surface area contributed by atoms with Gasteiger partial charge in [-0.1, -0.05) is 35.9 Å². The van der Waals surface area contributed by atoms with Crippen LogP contribution in [0.2, 0.25) is 5.02 Å². The van der Waals surface area contributed by atoms with Crippen LogP contribution in [0.5, 0.6) is 0 Å². The van der Waals surface area contributed by atoms with Crippen molar-refractivity contribution < 1.29 is 19.1 Å². The molecule has 0 spiro atoms. The molecule has 0 saturated carbocycles. The Morgan fingerprint density at radius 2 is 1.83 bits per heavy atom. The lowest BCUT2D eigenvalue weighted by atomic mass is 10.0. The molecule has 0 radical (unpaired) electrons. The second-order valence-corrected chi connectivity index (χ2v) is 7.23. The smallest absolute Gasteiger partial charge is 0.307 e. The first-order valence-corrected chi connectivity index (χ1v) is 9.41. The zero-order valence-corrected chi connectivity index (χ0v) is 17.5. The first-order valence-electron chi connectivity index (χ1n) is 9.03. The molecule has 30 heavy (non-hydrogen) atoms. The summed E-state index contributed by atoms with van der Waals surface area (Å²) in [5.74, 6) is 4.22. The molecule has 2 rings (SSSR count). The number of nitrogens with zero attached hydrogens (tertiary/aromatic N) is 1. The summed E-state index contributed by atoms with van der Waals surface area (Å²) in [4.78, 5) is 23.4. The van der Waals surface area contributed by atoms with Gasteiger partial charge >= 0.3 is 5.97 Å². The van der Waals surface area contributed by atoms with Gasteiger partial charge in [0.2, 0.25) is 0 Å². The first kappa shape index (κ1) is 23.1. The Kier molecular flexibility index (Phi) is 7.74. The molecule has 0 heterocycles. The van der Waals surface area contributed by atoms with Crippen molar-refractivity contribution in [3.63, 3.8) is 0 Å². The molecule has 0 atom stereocenters. The number of anilines is 1. The summed E-state index contributed by atoms with van der Waals surface area (Å²) in [5, 5.41) is 13.1. The number of amides is 1. The lowest BCUT2D eigenvalue weighted by Gasteiger charge is -2.23. The summed E-state index contributed by atoms with van der Waals surface area (Å²) in [5.41, 5.74) is 3.44. The zero-order chi connectivity index (χ0) is 22.4. The maximum Gasteiger partial charge on any atom is 0.307 e. The second-order valence-electron chi connectivity index (χ2n) is 6.82. The molecule has 8 heteroatoms. The molecule has 1 amide bonds. The number of rotatable bonds is 8. The molecule has 2 aromatic rings. The minimum Gasteiger partial charge on any atom is -0.481 e. The van der Waals surface area contributed by atoms with Gasteiger partial charge < -0.3 is 15.4 Å². The van der Waals surface area contributed by atoms with Crippen molar-refractivity contribution in [3.05, 3.63) is 87.9 Å². The minimum atomic E-state index is -0.960. The number of nitrogens with one attached hydrogen (secondary N) is 1. The van der Waals surface area contributed by atoms with Crippen molar-refractivity contribution in [2.24, 2.45) is 5.84 Å². The van der Waals surface area contributed by atoms with E-state index in [0.717, 1.165) is 5.56 Å². The molecule has 4 N–H and O–H groups in total. The van der Waals surface area contributed by atoms with Crippen LogP contribution in [0.25, 0.3) is 0 Å². The van der Waals surface area contributed by atoms with Gasteiger partial charge in [-0.2, -0.15) is 0 Å². The van der Waals surface area contributed by atoms with Crippen molar-refractivity contribution >= 4 is 29.2 Å². The molecule has 0 aromatic heterocycles. The van der Waals surface area contributed by atoms with Gasteiger partial charge in [0.1, 0.15) is 5.82 Å². The zero-order valence-electron chi connectivity index (χ0n) is 16.7. The highest BCUT2D eigenvalue weighted by atomic mass is 35.5. The fourth-order valence-electron chi connectivity index (χ4n) is 2.77. The fraction of sp³-hybridized carbons (Fsp3) is 0.182. The van der Waals surface area contributed by atoms with Crippen LogP contribution in [-0.4, -0.2) is 22.0 Å². The highest BCUT2D eigenvalue weighted by molar-refractivity contribution is 6.31. The molecule has 6 nitrogen and oxygen atoms in total. The lowest BCUT2D eigenvalue weighted by Crippen LogP contribution is -2.30. The van der Waals surface area contributed by atoms with E-state index in [4.69, 9.17) is 22.6 Å². The maximum atomic E-state index is 13.2. The quantitative estimate of drug-likeness (QED) is 0.319.